The molecule has 1 aromatic carbocycles. The molecule has 2 aromatic heterocycles. The summed E-state index contributed by atoms with van der Waals surface area (Å²) in [4.78, 5) is 27.7. The number of aromatic amines is 1. The van der Waals surface area contributed by atoms with E-state index in [-0.39, 0.29) is 12.4 Å². The highest BCUT2D eigenvalue weighted by Crippen LogP contribution is 2.37. The van der Waals surface area contributed by atoms with E-state index >= 15 is 0 Å². The lowest BCUT2D eigenvalue weighted by Gasteiger charge is -2.29. The van der Waals surface area contributed by atoms with Gasteiger partial charge in [-0.25, -0.2) is 9.97 Å². The van der Waals surface area contributed by atoms with Crippen molar-refractivity contribution >= 4 is 22.5 Å². The smallest absolute Gasteiger partial charge is 0.255 e. The average molecular weight is 453 g/mol. The van der Waals surface area contributed by atoms with E-state index in [2.05, 4.69) is 20.9 Å². The molecule has 3 aliphatic rings. The Morgan fingerprint density at radius 2 is 1.91 bits per heavy atom. The van der Waals surface area contributed by atoms with Crippen LogP contribution in [0.5, 0.6) is 11.5 Å². The van der Waals surface area contributed by atoms with Gasteiger partial charge in [0, 0.05) is 49.0 Å². The first-order valence-electron chi connectivity index (χ1n) is 11.4. The van der Waals surface area contributed by atoms with Crippen LogP contribution in [-0.2, 0) is 19.5 Å². The molecule has 4 heterocycles. The summed E-state index contributed by atoms with van der Waals surface area (Å²) in [6, 6.07) is 5.85. The van der Waals surface area contributed by atoms with Crippen molar-refractivity contribution in [1.82, 2.24) is 19.9 Å². The van der Waals surface area contributed by atoms with E-state index in [1.54, 1.807) is 0 Å². The van der Waals surface area contributed by atoms with Crippen molar-refractivity contribution in [1.29, 1.82) is 0 Å². The van der Waals surface area contributed by atoms with E-state index in [0.29, 0.717) is 29.9 Å². The maximum atomic E-state index is 12.9. The maximum Gasteiger partial charge on any atom is 0.255 e. The van der Waals surface area contributed by atoms with Crippen LogP contribution in [0.25, 0.3) is 10.9 Å². The largest absolute Gasteiger partial charge is 0.454 e. The predicted octanol–water partition coefficient (Wildman–Crippen LogP) is 4.31. The van der Waals surface area contributed by atoms with Gasteiger partial charge >= 0.3 is 0 Å². The number of benzene rings is 1. The Morgan fingerprint density at radius 3 is 2.75 bits per heavy atom. The molecular formula is C24H25ClN4O3. The number of hydrogen-bond donors (Lipinski definition) is 1. The van der Waals surface area contributed by atoms with Crippen LogP contribution >= 0.6 is 11.6 Å². The van der Waals surface area contributed by atoms with Gasteiger partial charge < -0.3 is 14.5 Å². The fourth-order valence-corrected chi connectivity index (χ4v) is 5.35. The molecule has 0 spiro atoms. The summed E-state index contributed by atoms with van der Waals surface area (Å²) in [6.45, 7) is 2.26. The Kier molecular flexibility index (Phi) is 5.03. The van der Waals surface area contributed by atoms with Crippen LogP contribution in [0.15, 0.2) is 23.0 Å². The molecule has 0 unspecified atom stereocenters. The van der Waals surface area contributed by atoms with E-state index in [9.17, 15) is 4.79 Å². The lowest BCUT2D eigenvalue weighted by molar-refractivity contribution is 0.174. The minimum absolute atomic E-state index is 0.00992. The summed E-state index contributed by atoms with van der Waals surface area (Å²) in [5.74, 6) is 2.71. The average Bonchev–Trinajstić information content (AvgIpc) is 3.26. The minimum Gasteiger partial charge on any atom is -0.454 e. The van der Waals surface area contributed by atoms with Gasteiger partial charge in [-0.2, -0.15) is 0 Å². The maximum absolute atomic E-state index is 12.9. The Morgan fingerprint density at radius 1 is 1.09 bits per heavy atom. The number of halogens is 1. The van der Waals surface area contributed by atoms with Gasteiger partial charge in [0.2, 0.25) is 6.79 Å². The van der Waals surface area contributed by atoms with Crippen LogP contribution in [0.1, 0.15) is 60.7 Å². The molecule has 0 bridgehead atoms. The molecule has 1 saturated carbocycles. The number of rotatable bonds is 3. The molecule has 0 saturated heterocycles. The first-order chi connectivity index (χ1) is 15.6. The molecular weight excluding hydrogens is 428 g/mol. The zero-order valence-corrected chi connectivity index (χ0v) is 18.6. The fraction of sp³-hybridized carbons (Fsp3) is 0.458. The summed E-state index contributed by atoms with van der Waals surface area (Å²) in [6.07, 6.45) is 6.76. The van der Waals surface area contributed by atoms with Crippen molar-refractivity contribution in [2.45, 2.75) is 57.5 Å². The van der Waals surface area contributed by atoms with Gasteiger partial charge in [0.1, 0.15) is 11.0 Å². The molecule has 7 nitrogen and oxygen atoms in total. The van der Waals surface area contributed by atoms with Crippen LogP contribution in [-0.4, -0.2) is 33.2 Å². The monoisotopic (exact) mass is 452 g/mol. The van der Waals surface area contributed by atoms with Crippen molar-refractivity contribution in [2.75, 3.05) is 13.3 Å². The van der Waals surface area contributed by atoms with Gasteiger partial charge in [-0.3, -0.25) is 9.69 Å². The van der Waals surface area contributed by atoms with Crippen molar-refractivity contribution in [2.24, 2.45) is 0 Å². The minimum atomic E-state index is 0.00992. The highest BCUT2D eigenvalue weighted by Gasteiger charge is 2.25. The molecule has 1 fully saturated rings. The van der Waals surface area contributed by atoms with E-state index < -0.39 is 0 Å². The number of fused-ring (bicyclic) bond motifs is 3. The predicted molar refractivity (Wildman–Crippen MR) is 121 cm³/mol. The highest BCUT2D eigenvalue weighted by molar-refractivity contribution is 6.30. The number of pyridine rings is 1. The second kappa shape index (κ2) is 8.05. The quantitative estimate of drug-likeness (QED) is 0.596. The highest BCUT2D eigenvalue weighted by atomic mass is 35.5. The molecule has 8 heteroatoms. The lowest BCUT2D eigenvalue weighted by Crippen LogP contribution is -2.36. The van der Waals surface area contributed by atoms with Gasteiger partial charge in [-0.1, -0.05) is 30.9 Å². The standard InChI is InChI=1S/C24H25ClN4O3/c25-22-16(8-15-9-20-21(32-13-31-20)10-19(15)26-22)11-29-7-6-18-17(12-29)24(30)28-23(27-18)14-4-2-1-3-5-14/h8-10,14H,1-7,11-13H2,(H,27,28,30). The normalized spacial score (nSPS) is 18.8. The van der Waals surface area contributed by atoms with Gasteiger partial charge in [0.25, 0.3) is 5.56 Å². The second-order valence-electron chi connectivity index (χ2n) is 9.01. The van der Waals surface area contributed by atoms with Gasteiger partial charge in [0.15, 0.2) is 11.5 Å². The van der Waals surface area contributed by atoms with Crippen LogP contribution in [0.3, 0.4) is 0 Å². The third-order valence-corrected chi connectivity index (χ3v) is 7.21. The van der Waals surface area contributed by atoms with Crippen molar-refractivity contribution < 1.29 is 9.47 Å². The number of aromatic nitrogens is 3. The van der Waals surface area contributed by atoms with Crippen LogP contribution in [0.4, 0.5) is 0 Å². The number of hydrogen-bond acceptors (Lipinski definition) is 6. The SMILES string of the molecule is O=c1[nH]c(C2CCCCC2)nc2c1CN(Cc1cc3cc4c(cc3nc1Cl)OCO4)CC2. The van der Waals surface area contributed by atoms with Crippen LogP contribution < -0.4 is 15.0 Å². The molecule has 0 radical (unpaired) electrons. The molecule has 0 atom stereocenters. The first-order valence-corrected chi connectivity index (χ1v) is 11.7. The summed E-state index contributed by atoms with van der Waals surface area (Å²) in [5, 5.41) is 1.43. The number of H-pyrrole nitrogens is 1. The van der Waals surface area contributed by atoms with Crippen LogP contribution in [0.2, 0.25) is 5.15 Å². The van der Waals surface area contributed by atoms with Gasteiger partial charge in [-0.15, -0.1) is 0 Å². The zero-order chi connectivity index (χ0) is 21.7. The zero-order valence-electron chi connectivity index (χ0n) is 17.8. The van der Waals surface area contributed by atoms with Gasteiger partial charge in [-0.05, 0) is 25.0 Å². The van der Waals surface area contributed by atoms with E-state index in [1.165, 1.54) is 19.3 Å². The summed E-state index contributed by atoms with van der Waals surface area (Å²) in [7, 11) is 0. The summed E-state index contributed by atoms with van der Waals surface area (Å²) < 4.78 is 10.9. The Labute approximate surface area is 190 Å². The molecule has 166 valence electrons. The van der Waals surface area contributed by atoms with E-state index in [1.807, 2.05) is 12.1 Å². The van der Waals surface area contributed by atoms with Crippen molar-refractivity contribution in [3.05, 3.63) is 56.4 Å². The molecule has 1 aliphatic carbocycles. The number of nitrogens with zero attached hydrogens (tertiary/aromatic N) is 3. The van der Waals surface area contributed by atoms with E-state index in [4.69, 9.17) is 26.1 Å². The Hall–Kier alpha value is -2.64. The third-order valence-electron chi connectivity index (χ3n) is 6.89. The molecule has 0 amide bonds. The molecule has 2 aliphatic heterocycles. The molecule has 6 rings (SSSR count). The second-order valence-corrected chi connectivity index (χ2v) is 9.37. The van der Waals surface area contributed by atoms with Crippen molar-refractivity contribution in [3.8, 4) is 11.5 Å². The Bertz CT molecular complexity index is 1250. The third kappa shape index (κ3) is 3.63. The first kappa shape index (κ1) is 20.0. The number of ether oxygens (including phenoxy) is 2. The molecule has 3 aromatic rings. The fourth-order valence-electron chi connectivity index (χ4n) is 5.14. The van der Waals surface area contributed by atoms with E-state index in [0.717, 1.165) is 65.1 Å². The lowest BCUT2D eigenvalue weighted by atomic mass is 9.88. The summed E-state index contributed by atoms with van der Waals surface area (Å²) in [5.41, 5.74) is 3.47. The Balaban J connectivity index is 1.24. The van der Waals surface area contributed by atoms with Gasteiger partial charge in [0.05, 0.1) is 16.8 Å². The van der Waals surface area contributed by atoms with Crippen LogP contribution in [0, 0.1) is 0 Å². The molecule has 32 heavy (non-hydrogen) atoms. The number of nitrogens with one attached hydrogen (secondary N) is 1. The van der Waals surface area contributed by atoms with Crippen molar-refractivity contribution in [3.63, 3.8) is 0 Å². The molecule has 1 N–H and O–H groups in total. The topological polar surface area (TPSA) is 80.3 Å². The summed E-state index contributed by atoms with van der Waals surface area (Å²) >= 11 is 6.52.